The van der Waals surface area contributed by atoms with E-state index in [9.17, 15) is 13.2 Å². The zero-order valence-electron chi connectivity index (χ0n) is 16.5. The molecular formula is C22H21ClN2O4S. The number of nitrogens with one attached hydrogen (secondary N) is 2. The van der Waals surface area contributed by atoms with Crippen LogP contribution in [0.25, 0.3) is 0 Å². The lowest BCUT2D eigenvalue weighted by Gasteiger charge is -2.11. The fourth-order valence-corrected chi connectivity index (χ4v) is 3.87. The number of rotatable bonds is 7. The van der Waals surface area contributed by atoms with Crippen molar-refractivity contribution in [3.63, 3.8) is 0 Å². The zero-order chi connectivity index (χ0) is 21.7. The number of carbonyl (C=O) groups excluding carboxylic acids is 1. The largest absolute Gasteiger partial charge is 0.484 e. The van der Waals surface area contributed by atoms with Crippen molar-refractivity contribution in [1.29, 1.82) is 0 Å². The lowest BCUT2D eigenvalue weighted by Crippen LogP contribution is -2.20. The molecule has 0 spiro atoms. The molecule has 3 rings (SSSR count). The number of ether oxygens (including phenoxy) is 1. The Morgan fingerprint density at radius 2 is 1.63 bits per heavy atom. The molecule has 0 aromatic heterocycles. The standard InChI is InChI=1S/C22H21ClN2O4S/c1-15-6-7-19(12-16(15)2)25-30(27,28)21-10-8-18(9-11-21)24-22(26)14-29-20-5-3-4-17(23)13-20/h3-13,25H,14H2,1-2H3,(H,24,26). The van der Waals surface area contributed by atoms with E-state index in [1.807, 2.05) is 19.9 Å². The minimum Gasteiger partial charge on any atom is -0.484 e. The third-order valence-electron chi connectivity index (χ3n) is 4.37. The van der Waals surface area contributed by atoms with E-state index in [1.165, 1.54) is 24.3 Å². The van der Waals surface area contributed by atoms with Crippen molar-refractivity contribution < 1.29 is 17.9 Å². The molecule has 0 aliphatic carbocycles. The maximum absolute atomic E-state index is 12.6. The van der Waals surface area contributed by atoms with Crippen LogP contribution in [0.2, 0.25) is 5.02 Å². The second-order valence-corrected chi connectivity index (χ2v) is 8.84. The Morgan fingerprint density at radius 3 is 2.30 bits per heavy atom. The van der Waals surface area contributed by atoms with Gasteiger partial charge in [0.15, 0.2) is 6.61 Å². The highest BCUT2D eigenvalue weighted by Gasteiger charge is 2.15. The van der Waals surface area contributed by atoms with Gasteiger partial charge in [-0.1, -0.05) is 23.7 Å². The monoisotopic (exact) mass is 444 g/mol. The molecule has 0 radical (unpaired) electrons. The molecule has 0 aliphatic heterocycles. The summed E-state index contributed by atoms with van der Waals surface area (Å²) in [7, 11) is -3.74. The molecule has 0 heterocycles. The number of sulfonamides is 1. The third-order valence-corrected chi connectivity index (χ3v) is 6.01. The molecule has 0 fully saturated rings. The highest BCUT2D eigenvalue weighted by molar-refractivity contribution is 7.92. The summed E-state index contributed by atoms with van der Waals surface area (Å²) < 4.78 is 33.1. The molecule has 0 saturated carbocycles. The Kier molecular flexibility index (Phi) is 6.64. The van der Waals surface area contributed by atoms with Crippen LogP contribution in [-0.2, 0) is 14.8 Å². The Hall–Kier alpha value is -3.03. The quantitative estimate of drug-likeness (QED) is 0.549. The van der Waals surface area contributed by atoms with Crippen molar-refractivity contribution in [2.45, 2.75) is 18.7 Å². The Balaban J connectivity index is 1.60. The summed E-state index contributed by atoms with van der Waals surface area (Å²) in [6, 6.07) is 18.0. The third kappa shape index (κ3) is 5.75. The van der Waals surface area contributed by atoms with Crippen LogP contribution in [-0.4, -0.2) is 20.9 Å². The molecule has 2 N–H and O–H groups in total. The van der Waals surface area contributed by atoms with Gasteiger partial charge in [-0.2, -0.15) is 0 Å². The van der Waals surface area contributed by atoms with Gasteiger partial charge >= 0.3 is 0 Å². The summed E-state index contributed by atoms with van der Waals surface area (Å²) in [5.41, 5.74) is 3.03. The normalized spacial score (nSPS) is 11.0. The molecule has 0 saturated heterocycles. The summed E-state index contributed by atoms with van der Waals surface area (Å²) >= 11 is 5.87. The first-order chi connectivity index (χ1) is 14.2. The molecule has 3 aromatic rings. The van der Waals surface area contributed by atoms with E-state index in [2.05, 4.69) is 10.0 Å². The molecule has 0 atom stereocenters. The molecule has 1 amide bonds. The average Bonchev–Trinajstić information content (AvgIpc) is 2.69. The van der Waals surface area contributed by atoms with Gasteiger partial charge in [-0.3, -0.25) is 9.52 Å². The molecule has 0 bridgehead atoms. The fraction of sp³-hybridized carbons (Fsp3) is 0.136. The summed E-state index contributed by atoms with van der Waals surface area (Å²) in [5, 5.41) is 3.17. The number of amides is 1. The minimum absolute atomic E-state index is 0.0916. The van der Waals surface area contributed by atoms with Crippen LogP contribution in [0.15, 0.2) is 71.6 Å². The Bertz CT molecular complexity index is 1160. The number of anilines is 2. The molecule has 6 nitrogen and oxygen atoms in total. The van der Waals surface area contributed by atoms with E-state index in [0.717, 1.165) is 11.1 Å². The molecule has 8 heteroatoms. The summed E-state index contributed by atoms with van der Waals surface area (Å²) in [6.07, 6.45) is 0. The predicted octanol–water partition coefficient (Wildman–Crippen LogP) is 4.78. The Morgan fingerprint density at radius 1 is 0.933 bits per heavy atom. The van der Waals surface area contributed by atoms with Crippen molar-refractivity contribution in [1.82, 2.24) is 0 Å². The number of carbonyl (C=O) groups is 1. The molecule has 0 unspecified atom stereocenters. The van der Waals surface area contributed by atoms with E-state index in [1.54, 1.807) is 36.4 Å². The second-order valence-electron chi connectivity index (χ2n) is 6.72. The van der Waals surface area contributed by atoms with Crippen LogP contribution in [0, 0.1) is 13.8 Å². The van der Waals surface area contributed by atoms with Gasteiger partial charge in [0.1, 0.15) is 5.75 Å². The van der Waals surface area contributed by atoms with Crippen molar-refractivity contribution in [3.05, 3.63) is 82.9 Å². The van der Waals surface area contributed by atoms with Crippen molar-refractivity contribution in [3.8, 4) is 5.75 Å². The van der Waals surface area contributed by atoms with Crippen molar-refractivity contribution >= 4 is 38.9 Å². The smallest absolute Gasteiger partial charge is 0.262 e. The van der Waals surface area contributed by atoms with E-state index >= 15 is 0 Å². The van der Waals surface area contributed by atoms with Crippen LogP contribution in [0.4, 0.5) is 11.4 Å². The lowest BCUT2D eigenvalue weighted by atomic mass is 10.1. The van der Waals surface area contributed by atoms with Crippen LogP contribution in [0.3, 0.4) is 0 Å². The number of aryl methyl sites for hydroxylation is 2. The van der Waals surface area contributed by atoms with E-state index in [-0.39, 0.29) is 17.4 Å². The minimum atomic E-state index is -3.74. The van der Waals surface area contributed by atoms with Gasteiger partial charge in [0.05, 0.1) is 4.90 Å². The van der Waals surface area contributed by atoms with Crippen molar-refractivity contribution in [2.24, 2.45) is 0 Å². The first-order valence-corrected chi connectivity index (χ1v) is 11.0. The number of hydrogen-bond acceptors (Lipinski definition) is 4. The highest BCUT2D eigenvalue weighted by Crippen LogP contribution is 2.21. The highest BCUT2D eigenvalue weighted by atomic mass is 35.5. The summed E-state index contributed by atoms with van der Waals surface area (Å²) in [5.74, 6) is 0.107. The average molecular weight is 445 g/mol. The molecular weight excluding hydrogens is 424 g/mol. The van der Waals surface area contributed by atoms with E-state index in [0.29, 0.717) is 22.1 Å². The number of benzene rings is 3. The maximum Gasteiger partial charge on any atom is 0.262 e. The predicted molar refractivity (Wildman–Crippen MR) is 119 cm³/mol. The molecule has 156 valence electrons. The van der Waals surface area contributed by atoms with E-state index < -0.39 is 10.0 Å². The van der Waals surface area contributed by atoms with Crippen LogP contribution >= 0.6 is 11.6 Å². The van der Waals surface area contributed by atoms with Crippen molar-refractivity contribution in [2.75, 3.05) is 16.6 Å². The van der Waals surface area contributed by atoms with Gasteiger partial charge in [-0.25, -0.2) is 8.42 Å². The number of hydrogen-bond donors (Lipinski definition) is 2. The lowest BCUT2D eigenvalue weighted by molar-refractivity contribution is -0.118. The Labute approximate surface area is 180 Å². The van der Waals surface area contributed by atoms with Gasteiger partial charge in [0, 0.05) is 16.4 Å². The number of halogens is 1. The first kappa shape index (κ1) is 21.7. The van der Waals surface area contributed by atoms with Gasteiger partial charge in [0.2, 0.25) is 0 Å². The zero-order valence-corrected chi connectivity index (χ0v) is 18.0. The van der Waals surface area contributed by atoms with Crippen LogP contribution < -0.4 is 14.8 Å². The SMILES string of the molecule is Cc1ccc(NS(=O)(=O)c2ccc(NC(=O)COc3cccc(Cl)c3)cc2)cc1C. The van der Waals surface area contributed by atoms with Gasteiger partial charge in [-0.05, 0) is 79.6 Å². The molecule has 30 heavy (non-hydrogen) atoms. The van der Waals surface area contributed by atoms with Crippen LogP contribution in [0.1, 0.15) is 11.1 Å². The van der Waals surface area contributed by atoms with Crippen LogP contribution in [0.5, 0.6) is 5.75 Å². The van der Waals surface area contributed by atoms with Gasteiger partial charge in [0.25, 0.3) is 15.9 Å². The molecule has 3 aromatic carbocycles. The summed E-state index contributed by atoms with van der Waals surface area (Å²) in [4.78, 5) is 12.1. The topological polar surface area (TPSA) is 84.5 Å². The fourth-order valence-electron chi connectivity index (χ4n) is 2.64. The summed E-state index contributed by atoms with van der Waals surface area (Å²) in [6.45, 7) is 3.68. The first-order valence-electron chi connectivity index (χ1n) is 9.11. The molecule has 0 aliphatic rings. The van der Waals surface area contributed by atoms with E-state index in [4.69, 9.17) is 16.3 Å². The van der Waals surface area contributed by atoms with Gasteiger partial charge < -0.3 is 10.1 Å². The maximum atomic E-state index is 12.6. The second kappa shape index (κ2) is 9.19. The van der Waals surface area contributed by atoms with Gasteiger partial charge in [-0.15, -0.1) is 0 Å².